The van der Waals surface area contributed by atoms with Crippen molar-refractivity contribution < 1.29 is 9.53 Å². The monoisotopic (exact) mass is 446 g/mol. The maximum absolute atomic E-state index is 13.3. The van der Waals surface area contributed by atoms with Crippen molar-refractivity contribution >= 4 is 56.0 Å². The Labute approximate surface area is 184 Å². The summed E-state index contributed by atoms with van der Waals surface area (Å²) in [6, 6.07) is 12.0. The van der Waals surface area contributed by atoms with Crippen molar-refractivity contribution in [3.05, 3.63) is 52.5 Å². The summed E-state index contributed by atoms with van der Waals surface area (Å²) in [6.45, 7) is 3.26. The number of aryl methyl sites for hydroxylation is 1. The van der Waals surface area contributed by atoms with Crippen LogP contribution in [0.4, 0.5) is 5.13 Å². The first kappa shape index (κ1) is 20.7. The number of aromatic nitrogens is 1. The average molecular weight is 447 g/mol. The van der Waals surface area contributed by atoms with Gasteiger partial charge in [0.25, 0.3) is 0 Å². The number of halogens is 1. The first-order valence-corrected chi connectivity index (χ1v) is 12.1. The Balaban J connectivity index is 1.63. The summed E-state index contributed by atoms with van der Waals surface area (Å²) in [6.07, 6.45) is 4.47. The van der Waals surface area contributed by atoms with Crippen molar-refractivity contribution in [1.29, 1.82) is 0 Å². The number of amides is 1. The molecule has 1 fully saturated rings. The number of carbonyl (C=O) groups is 1. The lowest BCUT2D eigenvalue weighted by atomic mass is 10.1. The summed E-state index contributed by atoms with van der Waals surface area (Å²) in [5, 5.41) is 1.41. The van der Waals surface area contributed by atoms with Crippen LogP contribution in [0, 0.1) is 6.92 Å². The third-order valence-corrected chi connectivity index (χ3v) is 7.39. The van der Waals surface area contributed by atoms with E-state index >= 15 is 0 Å². The molecule has 0 N–H and O–H groups in total. The van der Waals surface area contributed by atoms with Gasteiger partial charge in [0.1, 0.15) is 0 Å². The summed E-state index contributed by atoms with van der Waals surface area (Å²) in [7, 11) is 0. The highest BCUT2D eigenvalue weighted by atomic mass is 35.5. The number of anilines is 1. The fourth-order valence-corrected chi connectivity index (χ4v) is 5.11. The van der Waals surface area contributed by atoms with Crippen LogP contribution in [0.1, 0.15) is 24.0 Å². The molecule has 4 rings (SSSR count). The largest absolute Gasteiger partial charge is 0.376 e. The normalized spacial score (nSPS) is 16.4. The number of hydrogen-bond donors (Lipinski definition) is 0. The second-order valence-electron chi connectivity index (χ2n) is 7.18. The van der Waals surface area contributed by atoms with E-state index in [0.717, 1.165) is 40.8 Å². The average Bonchev–Trinajstić information content (AvgIpc) is 3.39. The van der Waals surface area contributed by atoms with Gasteiger partial charge in [0.05, 0.1) is 29.3 Å². The molecule has 1 amide bonds. The van der Waals surface area contributed by atoms with Crippen molar-refractivity contribution in [3.8, 4) is 0 Å². The standard InChI is InChI=1S/C22H23ClN2O2S2/c1-14-18(23)9-10-19-21(14)24-22(29-19)25(13-16-4-3-11-27-16)20(26)12-15-5-7-17(28-2)8-6-15/h5-10,16H,3-4,11-13H2,1-2H3. The van der Waals surface area contributed by atoms with Gasteiger partial charge >= 0.3 is 0 Å². The van der Waals surface area contributed by atoms with Crippen molar-refractivity contribution in [3.63, 3.8) is 0 Å². The second kappa shape index (κ2) is 9.04. The number of thioether (sulfide) groups is 1. The SMILES string of the molecule is CSc1ccc(CC(=O)N(CC2CCCO2)c2nc3c(C)c(Cl)ccc3s2)cc1. The molecule has 4 nitrogen and oxygen atoms in total. The molecule has 0 aliphatic carbocycles. The molecule has 0 saturated carbocycles. The summed E-state index contributed by atoms with van der Waals surface area (Å²) in [4.78, 5) is 21.1. The molecule has 1 unspecified atom stereocenters. The van der Waals surface area contributed by atoms with Crippen LogP contribution in [0.15, 0.2) is 41.3 Å². The van der Waals surface area contributed by atoms with Gasteiger partial charge in [0.2, 0.25) is 5.91 Å². The Morgan fingerprint density at radius 1 is 1.31 bits per heavy atom. The van der Waals surface area contributed by atoms with Gasteiger partial charge in [0, 0.05) is 16.5 Å². The van der Waals surface area contributed by atoms with E-state index in [1.165, 1.54) is 16.2 Å². The molecule has 1 aliphatic heterocycles. The molecule has 0 spiro atoms. The van der Waals surface area contributed by atoms with Gasteiger partial charge < -0.3 is 4.74 Å². The van der Waals surface area contributed by atoms with Crippen molar-refractivity contribution in [2.75, 3.05) is 24.3 Å². The molecule has 0 radical (unpaired) electrons. The number of hydrogen-bond acceptors (Lipinski definition) is 5. The highest BCUT2D eigenvalue weighted by Gasteiger charge is 2.26. The highest BCUT2D eigenvalue weighted by molar-refractivity contribution is 7.98. The molecule has 1 atom stereocenters. The quantitative estimate of drug-likeness (QED) is 0.453. The molecular formula is C22H23ClN2O2S2. The zero-order valence-corrected chi connectivity index (χ0v) is 18.9. The van der Waals surface area contributed by atoms with Crippen LogP contribution in [-0.4, -0.2) is 36.4 Å². The third-order valence-electron chi connectivity index (χ3n) is 5.19. The first-order valence-electron chi connectivity index (χ1n) is 9.65. The number of ether oxygens (including phenoxy) is 1. The van der Waals surface area contributed by atoms with Crippen molar-refractivity contribution in [2.45, 2.75) is 37.2 Å². The van der Waals surface area contributed by atoms with Gasteiger partial charge in [-0.3, -0.25) is 9.69 Å². The Morgan fingerprint density at radius 3 is 2.79 bits per heavy atom. The highest BCUT2D eigenvalue weighted by Crippen LogP contribution is 2.34. The lowest BCUT2D eigenvalue weighted by molar-refractivity contribution is -0.118. The predicted octanol–water partition coefficient (Wildman–Crippen LogP) is 5.73. The third kappa shape index (κ3) is 4.61. The number of benzene rings is 2. The first-order chi connectivity index (χ1) is 14.0. The minimum atomic E-state index is 0.0419. The molecule has 3 aromatic rings. The molecule has 1 aromatic heterocycles. The van der Waals surface area contributed by atoms with E-state index in [4.69, 9.17) is 21.3 Å². The Kier molecular flexibility index (Phi) is 6.44. The van der Waals surface area contributed by atoms with Gasteiger partial charge in [-0.1, -0.05) is 35.1 Å². The second-order valence-corrected chi connectivity index (χ2v) is 9.48. The number of carbonyl (C=O) groups excluding carboxylic acids is 1. The number of fused-ring (bicyclic) bond motifs is 1. The van der Waals surface area contributed by atoms with Crippen LogP contribution in [-0.2, 0) is 16.0 Å². The molecule has 1 saturated heterocycles. The van der Waals surface area contributed by atoms with E-state index in [-0.39, 0.29) is 12.0 Å². The Hall–Kier alpha value is -1.60. The van der Waals surface area contributed by atoms with E-state index in [9.17, 15) is 4.79 Å². The summed E-state index contributed by atoms with van der Waals surface area (Å²) in [5.74, 6) is 0.0419. The molecule has 29 heavy (non-hydrogen) atoms. The van der Waals surface area contributed by atoms with Gasteiger partial charge in [-0.2, -0.15) is 0 Å². The molecule has 1 aliphatic rings. The molecule has 152 valence electrons. The number of nitrogens with zero attached hydrogens (tertiary/aromatic N) is 2. The van der Waals surface area contributed by atoms with Crippen molar-refractivity contribution in [2.24, 2.45) is 0 Å². The maximum Gasteiger partial charge on any atom is 0.233 e. The zero-order valence-electron chi connectivity index (χ0n) is 16.5. The van der Waals surface area contributed by atoms with Crippen molar-refractivity contribution in [1.82, 2.24) is 4.98 Å². The maximum atomic E-state index is 13.3. The van der Waals surface area contributed by atoms with Crippen LogP contribution in [0.5, 0.6) is 0 Å². The molecular weight excluding hydrogens is 424 g/mol. The van der Waals surface area contributed by atoms with Crippen LogP contribution in [0.25, 0.3) is 10.2 Å². The molecule has 2 heterocycles. The predicted molar refractivity (Wildman–Crippen MR) is 123 cm³/mol. The van der Waals surface area contributed by atoms with Crippen LogP contribution in [0.2, 0.25) is 5.02 Å². The minimum absolute atomic E-state index is 0.0419. The zero-order chi connectivity index (χ0) is 20.4. The van der Waals surface area contributed by atoms with Gasteiger partial charge in [0.15, 0.2) is 5.13 Å². The van der Waals surface area contributed by atoms with E-state index < -0.39 is 0 Å². The van der Waals surface area contributed by atoms with Gasteiger partial charge in [-0.15, -0.1) is 11.8 Å². The van der Waals surface area contributed by atoms with E-state index in [1.54, 1.807) is 16.7 Å². The summed E-state index contributed by atoms with van der Waals surface area (Å²) < 4.78 is 6.85. The fraction of sp³-hybridized carbons (Fsp3) is 0.364. The van der Waals surface area contributed by atoms with E-state index in [0.29, 0.717) is 23.1 Å². The number of thiazole rings is 1. The smallest absolute Gasteiger partial charge is 0.233 e. The van der Waals surface area contributed by atoms with Crippen LogP contribution in [0.3, 0.4) is 0 Å². The number of rotatable bonds is 6. The Bertz CT molecular complexity index is 1010. The summed E-state index contributed by atoms with van der Waals surface area (Å²) in [5.41, 5.74) is 2.82. The molecule has 0 bridgehead atoms. The fourth-order valence-electron chi connectivity index (χ4n) is 3.50. The molecule has 2 aromatic carbocycles. The molecule has 7 heteroatoms. The van der Waals surface area contributed by atoms with E-state index in [1.807, 2.05) is 37.4 Å². The van der Waals surface area contributed by atoms with Crippen LogP contribution >= 0.6 is 34.7 Å². The topological polar surface area (TPSA) is 42.4 Å². The lowest BCUT2D eigenvalue weighted by Crippen LogP contribution is -2.38. The van der Waals surface area contributed by atoms with Gasteiger partial charge in [-0.25, -0.2) is 4.98 Å². The van der Waals surface area contributed by atoms with Gasteiger partial charge in [-0.05, 0) is 61.4 Å². The lowest BCUT2D eigenvalue weighted by Gasteiger charge is -2.23. The summed E-state index contributed by atoms with van der Waals surface area (Å²) >= 11 is 9.50. The Morgan fingerprint density at radius 2 is 2.10 bits per heavy atom. The minimum Gasteiger partial charge on any atom is -0.376 e. The van der Waals surface area contributed by atoms with Crippen LogP contribution < -0.4 is 4.90 Å². The van der Waals surface area contributed by atoms with E-state index in [2.05, 4.69) is 12.1 Å².